The van der Waals surface area contributed by atoms with Gasteiger partial charge in [0.15, 0.2) is 0 Å². The zero-order valence-corrected chi connectivity index (χ0v) is 12.6. The van der Waals surface area contributed by atoms with Gasteiger partial charge in [-0.2, -0.15) is 0 Å². The number of hydrogen-bond donors (Lipinski definition) is 2. The first kappa shape index (κ1) is 13.6. The number of anilines is 1. The maximum atomic E-state index is 12.5. The number of amides is 3. The van der Waals surface area contributed by atoms with Crippen LogP contribution in [0.25, 0.3) is 0 Å². The number of benzene rings is 1. The van der Waals surface area contributed by atoms with Crippen LogP contribution in [-0.2, 0) is 10.2 Å². The van der Waals surface area contributed by atoms with Gasteiger partial charge in [0.25, 0.3) is 0 Å². The average Bonchev–Trinajstić information content (AvgIpc) is 3.22. The molecule has 2 heterocycles. The molecule has 1 aliphatic carbocycles. The van der Waals surface area contributed by atoms with Crippen molar-refractivity contribution in [2.75, 3.05) is 18.4 Å². The van der Waals surface area contributed by atoms with Gasteiger partial charge in [0.1, 0.15) is 0 Å². The molecule has 3 amide bonds. The maximum absolute atomic E-state index is 12.5. The highest BCUT2D eigenvalue weighted by atomic mass is 16.2. The van der Waals surface area contributed by atoms with Crippen molar-refractivity contribution in [2.45, 2.75) is 43.6 Å². The second-order valence-corrected chi connectivity index (χ2v) is 6.68. The Kier molecular flexibility index (Phi) is 3.10. The lowest BCUT2D eigenvalue weighted by molar-refractivity contribution is -0.120. The summed E-state index contributed by atoms with van der Waals surface area (Å²) in [6, 6.07) is 8.13. The number of nitrogens with one attached hydrogen (secondary N) is 2. The Morgan fingerprint density at radius 1 is 1.27 bits per heavy atom. The van der Waals surface area contributed by atoms with E-state index in [-0.39, 0.29) is 11.9 Å². The van der Waals surface area contributed by atoms with Gasteiger partial charge >= 0.3 is 6.03 Å². The van der Waals surface area contributed by atoms with E-state index in [4.69, 9.17) is 0 Å². The van der Waals surface area contributed by atoms with E-state index >= 15 is 0 Å². The molecule has 1 saturated carbocycles. The van der Waals surface area contributed by atoms with Crippen LogP contribution in [0.5, 0.6) is 0 Å². The standard InChI is InChI=1S/C17H21N3O2/c21-15-17(13-7-3-4-8-14(13)19-15)9-10-20(11-17)16(22)18-12-5-1-2-6-12/h3-4,7-8,12H,1-2,5-6,9-11H2,(H,18,22)(H,19,21)/t17-/m0/s1. The predicted molar refractivity (Wildman–Crippen MR) is 83.7 cm³/mol. The molecule has 2 aliphatic heterocycles. The zero-order valence-electron chi connectivity index (χ0n) is 12.6. The van der Waals surface area contributed by atoms with Crippen molar-refractivity contribution in [3.05, 3.63) is 29.8 Å². The minimum absolute atomic E-state index is 0.0130. The van der Waals surface area contributed by atoms with Crippen LogP contribution in [-0.4, -0.2) is 36.0 Å². The normalized spacial score (nSPS) is 27.3. The minimum atomic E-state index is -0.552. The second kappa shape index (κ2) is 5.00. The smallest absolute Gasteiger partial charge is 0.317 e. The third-order valence-electron chi connectivity index (χ3n) is 5.36. The van der Waals surface area contributed by atoms with Crippen LogP contribution < -0.4 is 10.6 Å². The molecule has 1 atom stereocenters. The predicted octanol–water partition coefficient (Wildman–Crippen LogP) is 2.23. The fourth-order valence-electron chi connectivity index (χ4n) is 4.10. The van der Waals surface area contributed by atoms with E-state index in [0.29, 0.717) is 25.6 Å². The Balaban J connectivity index is 1.52. The number of rotatable bonds is 1. The monoisotopic (exact) mass is 299 g/mol. The summed E-state index contributed by atoms with van der Waals surface area (Å²) in [7, 11) is 0. The third-order valence-corrected chi connectivity index (χ3v) is 5.36. The highest BCUT2D eigenvalue weighted by Crippen LogP contribution is 2.44. The van der Waals surface area contributed by atoms with Gasteiger partial charge in [-0.3, -0.25) is 4.79 Å². The number of carbonyl (C=O) groups is 2. The summed E-state index contributed by atoms with van der Waals surface area (Å²) in [5.41, 5.74) is 1.38. The van der Waals surface area contributed by atoms with E-state index in [0.717, 1.165) is 24.1 Å². The van der Waals surface area contributed by atoms with Crippen molar-refractivity contribution in [3.63, 3.8) is 0 Å². The van der Waals surface area contributed by atoms with Crippen LogP contribution in [0.15, 0.2) is 24.3 Å². The number of likely N-dealkylation sites (tertiary alicyclic amines) is 1. The Labute approximate surface area is 130 Å². The maximum Gasteiger partial charge on any atom is 0.317 e. The summed E-state index contributed by atoms with van der Waals surface area (Å²) in [6.45, 7) is 1.12. The lowest BCUT2D eigenvalue weighted by Gasteiger charge is -2.24. The summed E-state index contributed by atoms with van der Waals surface area (Å²) < 4.78 is 0. The van der Waals surface area contributed by atoms with E-state index in [1.165, 1.54) is 12.8 Å². The Hall–Kier alpha value is -2.04. The molecule has 5 heteroatoms. The number of hydrogen-bond acceptors (Lipinski definition) is 2. The number of fused-ring (bicyclic) bond motifs is 2. The molecule has 1 saturated heterocycles. The molecule has 22 heavy (non-hydrogen) atoms. The molecule has 5 nitrogen and oxygen atoms in total. The number of urea groups is 1. The fourth-order valence-corrected chi connectivity index (χ4v) is 4.10. The average molecular weight is 299 g/mol. The van der Waals surface area contributed by atoms with Crippen molar-refractivity contribution in [2.24, 2.45) is 0 Å². The van der Waals surface area contributed by atoms with Crippen molar-refractivity contribution in [1.82, 2.24) is 10.2 Å². The van der Waals surface area contributed by atoms with Gasteiger partial charge in [-0.15, -0.1) is 0 Å². The van der Waals surface area contributed by atoms with Crippen LogP contribution in [0, 0.1) is 0 Å². The first-order valence-electron chi connectivity index (χ1n) is 8.15. The molecule has 2 N–H and O–H groups in total. The summed E-state index contributed by atoms with van der Waals surface area (Å²) in [5, 5.41) is 6.09. The number of carbonyl (C=O) groups excluding carboxylic acids is 2. The summed E-state index contributed by atoms with van der Waals surface area (Å²) in [5.74, 6) is 0.0323. The molecule has 0 unspecified atom stereocenters. The van der Waals surface area contributed by atoms with Crippen molar-refractivity contribution >= 4 is 17.6 Å². The van der Waals surface area contributed by atoms with Gasteiger partial charge in [0.2, 0.25) is 5.91 Å². The van der Waals surface area contributed by atoms with E-state index in [1.807, 2.05) is 24.3 Å². The summed E-state index contributed by atoms with van der Waals surface area (Å²) >= 11 is 0. The zero-order chi connectivity index (χ0) is 15.2. The van der Waals surface area contributed by atoms with Crippen LogP contribution in [0.2, 0.25) is 0 Å². The highest BCUT2D eigenvalue weighted by molar-refractivity contribution is 6.07. The molecule has 1 spiro atoms. The molecule has 0 aromatic heterocycles. The first-order chi connectivity index (χ1) is 10.7. The van der Waals surface area contributed by atoms with Gasteiger partial charge < -0.3 is 15.5 Å². The topological polar surface area (TPSA) is 61.4 Å². The molecule has 4 rings (SSSR count). The summed E-state index contributed by atoms with van der Waals surface area (Å²) in [6.07, 6.45) is 5.26. The minimum Gasteiger partial charge on any atom is -0.335 e. The number of nitrogens with zero attached hydrogens (tertiary/aromatic N) is 1. The van der Waals surface area contributed by atoms with Crippen LogP contribution in [0.1, 0.15) is 37.7 Å². The van der Waals surface area contributed by atoms with E-state index in [1.54, 1.807) is 4.90 Å². The van der Waals surface area contributed by atoms with Gasteiger partial charge in [-0.1, -0.05) is 31.0 Å². The molecular weight excluding hydrogens is 278 g/mol. The fraction of sp³-hybridized carbons (Fsp3) is 0.529. The lowest BCUT2D eigenvalue weighted by Crippen LogP contribution is -2.45. The number of para-hydroxylation sites is 1. The van der Waals surface area contributed by atoms with Crippen LogP contribution in [0.3, 0.4) is 0 Å². The Morgan fingerprint density at radius 3 is 2.86 bits per heavy atom. The van der Waals surface area contributed by atoms with Crippen LogP contribution >= 0.6 is 0 Å². The van der Waals surface area contributed by atoms with Gasteiger partial charge in [0.05, 0.1) is 5.41 Å². The quantitative estimate of drug-likeness (QED) is 0.835. The molecule has 2 fully saturated rings. The lowest BCUT2D eigenvalue weighted by atomic mass is 9.81. The SMILES string of the molecule is O=C(NC1CCCC1)N1CC[C@@]2(C1)C(=O)Nc1ccccc12. The summed E-state index contributed by atoms with van der Waals surface area (Å²) in [4.78, 5) is 26.7. The second-order valence-electron chi connectivity index (χ2n) is 6.68. The first-order valence-corrected chi connectivity index (χ1v) is 8.15. The van der Waals surface area contributed by atoms with Crippen LogP contribution in [0.4, 0.5) is 10.5 Å². The van der Waals surface area contributed by atoms with Crippen molar-refractivity contribution < 1.29 is 9.59 Å². The van der Waals surface area contributed by atoms with E-state index in [2.05, 4.69) is 10.6 Å². The third kappa shape index (κ3) is 1.99. The van der Waals surface area contributed by atoms with Gasteiger partial charge in [0, 0.05) is 24.8 Å². The van der Waals surface area contributed by atoms with E-state index < -0.39 is 5.41 Å². The Bertz CT molecular complexity index is 624. The largest absolute Gasteiger partial charge is 0.335 e. The molecule has 116 valence electrons. The van der Waals surface area contributed by atoms with E-state index in [9.17, 15) is 9.59 Å². The van der Waals surface area contributed by atoms with Gasteiger partial charge in [-0.05, 0) is 30.9 Å². The molecule has 1 aromatic rings. The highest BCUT2D eigenvalue weighted by Gasteiger charge is 2.52. The van der Waals surface area contributed by atoms with Gasteiger partial charge in [-0.25, -0.2) is 4.79 Å². The van der Waals surface area contributed by atoms with Crippen molar-refractivity contribution in [1.29, 1.82) is 0 Å². The molecule has 0 bridgehead atoms. The molecule has 3 aliphatic rings. The molecule has 1 aromatic carbocycles. The molecule has 0 radical (unpaired) electrons. The molecular formula is C17H21N3O2. The Morgan fingerprint density at radius 2 is 2.05 bits per heavy atom. The van der Waals surface area contributed by atoms with Crippen molar-refractivity contribution in [3.8, 4) is 0 Å².